The van der Waals surface area contributed by atoms with Crippen LogP contribution in [0.2, 0.25) is 5.15 Å². The molecule has 1 heterocycles. The predicted molar refractivity (Wildman–Crippen MR) is 112 cm³/mol. The number of carbonyl (C=O) groups excluding carboxylic acids is 3. The molecule has 2 amide bonds. The number of halogens is 4. The van der Waals surface area contributed by atoms with Crippen molar-refractivity contribution in [2.24, 2.45) is 7.05 Å². The number of terminal acetylenes is 1. The number of rotatable bonds is 5. The summed E-state index contributed by atoms with van der Waals surface area (Å²) in [7, 11) is 1.37. The zero-order chi connectivity index (χ0) is 24.7. The zero-order valence-corrected chi connectivity index (χ0v) is 18.1. The predicted octanol–water partition coefficient (Wildman–Crippen LogP) is 3.35. The summed E-state index contributed by atoms with van der Waals surface area (Å²) in [5.74, 6) is -4.83. The van der Waals surface area contributed by atoms with Crippen LogP contribution in [-0.4, -0.2) is 33.6 Å². The molecule has 7 nitrogen and oxygen atoms in total. The third kappa shape index (κ3) is 4.30. The monoisotopic (exact) mass is 476 g/mol. The lowest BCUT2D eigenvalue weighted by Gasteiger charge is -2.43. The summed E-state index contributed by atoms with van der Waals surface area (Å²) in [5.41, 5.74) is -2.14. The van der Waals surface area contributed by atoms with Crippen molar-refractivity contribution >= 4 is 34.9 Å². The highest BCUT2D eigenvalue weighted by Gasteiger charge is 2.57. The Morgan fingerprint density at radius 2 is 1.91 bits per heavy atom. The van der Waals surface area contributed by atoms with Crippen LogP contribution in [0.4, 0.5) is 18.9 Å². The first kappa shape index (κ1) is 23.9. The van der Waals surface area contributed by atoms with Gasteiger partial charge in [0.15, 0.2) is 0 Å². The normalized spacial score (nSPS) is 15.5. The number of Topliss-reactive ketones (excluding diaryl/α,β-unsaturated/α-hetero) is 1. The van der Waals surface area contributed by atoms with E-state index in [9.17, 15) is 27.6 Å². The maximum Gasteiger partial charge on any atom is 0.293 e. The summed E-state index contributed by atoms with van der Waals surface area (Å²) >= 11 is 6.20. The van der Waals surface area contributed by atoms with Gasteiger partial charge in [-0.2, -0.15) is 5.26 Å². The second-order valence-electron chi connectivity index (χ2n) is 7.68. The summed E-state index contributed by atoms with van der Waals surface area (Å²) in [4.78, 5) is 38.1. The van der Waals surface area contributed by atoms with Gasteiger partial charge in [0.1, 0.15) is 28.3 Å². The second kappa shape index (κ2) is 8.30. The van der Waals surface area contributed by atoms with E-state index in [-0.39, 0.29) is 33.2 Å². The molecule has 1 saturated carbocycles. The quantitative estimate of drug-likeness (QED) is 0.392. The number of anilines is 1. The highest BCUT2D eigenvalue weighted by Crippen LogP contribution is 2.45. The largest absolute Gasteiger partial charge is 0.332 e. The van der Waals surface area contributed by atoms with Crippen LogP contribution in [-0.2, 0) is 11.8 Å². The molecule has 1 aromatic carbocycles. The van der Waals surface area contributed by atoms with E-state index in [0.717, 1.165) is 16.7 Å². The molecular formula is C22H16ClF3N4O3. The molecule has 1 aliphatic carbocycles. The Balaban J connectivity index is 1.87. The van der Waals surface area contributed by atoms with E-state index in [2.05, 4.69) is 16.6 Å². The number of nitriles is 1. The van der Waals surface area contributed by atoms with Gasteiger partial charge in [-0.3, -0.25) is 14.4 Å². The van der Waals surface area contributed by atoms with Crippen molar-refractivity contribution < 1.29 is 27.6 Å². The van der Waals surface area contributed by atoms with Gasteiger partial charge in [-0.1, -0.05) is 17.5 Å². The van der Waals surface area contributed by atoms with Gasteiger partial charge < -0.3 is 15.2 Å². The Morgan fingerprint density at radius 3 is 2.45 bits per heavy atom. The van der Waals surface area contributed by atoms with Gasteiger partial charge >= 0.3 is 0 Å². The molecule has 170 valence electrons. The smallest absolute Gasteiger partial charge is 0.293 e. The number of aromatic nitrogens is 1. The number of hydrogen-bond acceptors (Lipinski definition) is 4. The van der Waals surface area contributed by atoms with Gasteiger partial charge in [-0.05, 0) is 30.7 Å². The van der Waals surface area contributed by atoms with Gasteiger partial charge in [-0.15, -0.1) is 6.42 Å². The number of benzene rings is 1. The maximum absolute atomic E-state index is 13.5. The van der Waals surface area contributed by atoms with Gasteiger partial charge in [-0.25, -0.2) is 13.2 Å². The fraction of sp³-hybridized carbons (Fsp3) is 0.273. The SMILES string of the molecule is C#CC1(NC(=O)C(=O)c2c(C)c(C(=O)Nc3ccc(F)c(C#N)c3)n(C)c2Cl)CC(F)(F)C1. The lowest BCUT2D eigenvalue weighted by atomic mass is 9.74. The minimum absolute atomic E-state index is 0.0523. The zero-order valence-electron chi connectivity index (χ0n) is 17.4. The van der Waals surface area contributed by atoms with Crippen molar-refractivity contribution in [1.82, 2.24) is 9.88 Å². The van der Waals surface area contributed by atoms with Crippen LogP contribution < -0.4 is 10.6 Å². The van der Waals surface area contributed by atoms with Crippen LogP contribution in [0.3, 0.4) is 0 Å². The number of alkyl halides is 2. The molecule has 0 unspecified atom stereocenters. The van der Waals surface area contributed by atoms with Crippen LogP contribution in [0.15, 0.2) is 18.2 Å². The van der Waals surface area contributed by atoms with Crippen LogP contribution >= 0.6 is 11.6 Å². The minimum atomic E-state index is -3.04. The van der Waals surface area contributed by atoms with Crippen molar-refractivity contribution in [3.8, 4) is 18.4 Å². The number of nitrogens with one attached hydrogen (secondary N) is 2. The standard InChI is InChI=1S/C22H16ClF3N4O3/c1-4-21(9-22(25,26)10-21)29-20(33)17(31)15-11(2)16(30(3)18(15)23)19(32)28-13-5-6-14(24)12(7-13)8-27/h1,5-7H,9-10H2,2-3H3,(H,28,32)(H,29,33). The van der Waals surface area contributed by atoms with Crippen molar-refractivity contribution in [2.75, 3.05) is 5.32 Å². The van der Waals surface area contributed by atoms with E-state index >= 15 is 0 Å². The lowest BCUT2D eigenvalue weighted by molar-refractivity contribution is -0.133. The second-order valence-corrected chi connectivity index (χ2v) is 8.04. The van der Waals surface area contributed by atoms with Crippen molar-refractivity contribution in [3.05, 3.63) is 51.6 Å². The summed E-state index contributed by atoms with van der Waals surface area (Å²) in [6.45, 7) is 1.38. The molecule has 1 fully saturated rings. The van der Waals surface area contributed by atoms with Crippen LogP contribution in [0.5, 0.6) is 0 Å². The van der Waals surface area contributed by atoms with Gasteiger partial charge in [0.2, 0.25) is 0 Å². The summed E-state index contributed by atoms with van der Waals surface area (Å²) in [6.07, 6.45) is 3.67. The van der Waals surface area contributed by atoms with E-state index in [1.807, 2.05) is 0 Å². The molecule has 0 aliphatic heterocycles. The molecule has 1 aliphatic rings. The highest BCUT2D eigenvalue weighted by atomic mass is 35.5. The number of amides is 2. The summed E-state index contributed by atoms with van der Waals surface area (Å²) in [5, 5.41) is 13.3. The first-order chi connectivity index (χ1) is 15.3. The molecule has 0 bridgehead atoms. The Kier molecular flexibility index (Phi) is 6.01. The Labute approximate surface area is 191 Å². The van der Waals surface area contributed by atoms with Gasteiger partial charge in [0.05, 0.1) is 11.1 Å². The first-order valence-electron chi connectivity index (χ1n) is 9.43. The van der Waals surface area contributed by atoms with Gasteiger partial charge in [0.25, 0.3) is 23.5 Å². The molecule has 0 spiro atoms. The first-order valence-corrected chi connectivity index (χ1v) is 9.81. The third-order valence-electron chi connectivity index (χ3n) is 5.31. The van der Waals surface area contributed by atoms with E-state index in [1.165, 1.54) is 20.0 Å². The van der Waals surface area contributed by atoms with E-state index < -0.39 is 47.7 Å². The van der Waals surface area contributed by atoms with Gasteiger partial charge in [0, 0.05) is 25.6 Å². The number of hydrogen-bond donors (Lipinski definition) is 2. The summed E-state index contributed by atoms with van der Waals surface area (Å²) in [6, 6.07) is 5.01. The molecule has 2 aromatic rings. The number of carbonyl (C=O) groups is 3. The van der Waals surface area contributed by atoms with E-state index in [1.54, 1.807) is 6.07 Å². The van der Waals surface area contributed by atoms with Crippen LogP contribution in [0.1, 0.15) is 44.8 Å². The molecule has 3 rings (SSSR count). The van der Waals surface area contributed by atoms with Crippen molar-refractivity contribution in [3.63, 3.8) is 0 Å². The van der Waals surface area contributed by atoms with Crippen LogP contribution in [0, 0.1) is 36.4 Å². The van der Waals surface area contributed by atoms with E-state index in [0.29, 0.717) is 0 Å². The Morgan fingerprint density at radius 1 is 1.27 bits per heavy atom. The number of ketones is 1. The maximum atomic E-state index is 13.5. The van der Waals surface area contributed by atoms with Crippen molar-refractivity contribution in [2.45, 2.75) is 31.2 Å². The molecule has 1 aromatic heterocycles. The minimum Gasteiger partial charge on any atom is -0.332 e. The van der Waals surface area contributed by atoms with E-state index in [4.69, 9.17) is 23.3 Å². The topological polar surface area (TPSA) is 104 Å². The van der Waals surface area contributed by atoms with Crippen molar-refractivity contribution in [1.29, 1.82) is 5.26 Å². The fourth-order valence-corrected chi connectivity index (χ4v) is 4.01. The molecule has 33 heavy (non-hydrogen) atoms. The fourth-order valence-electron chi connectivity index (χ4n) is 3.70. The molecule has 0 radical (unpaired) electrons. The average molecular weight is 477 g/mol. The lowest BCUT2D eigenvalue weighted by Crippen LogP contribution is -2.62. The molecule has 0 atom stereocenters. The molecular weight excluding hydrogens is 461 g/mol. The molecule has 0 saturated heterocycles. The summed E-state index contributed by atoms with van der Waals surface area (Å²) < 4.78 is 41.2. The third-order valence-corrected chi connectivity index (χ3v) is 5.75. The average Bonchev–Trinajstić information content (AvgIpc) is 2.95. The molecule has 11 heteroatoms. The highest BCUT2D eigenvalue weighted by molar-refractivity contribution is 6.47. The number of nitrogens with zero attached hydrogens (tertiary/aromatic N) is 2. The Bertz CT molecular complexity index is 1280. The Hall–Kier alpha value is -3.76. The van der Waals surface area contributed by atoms with Crippen LogP contribution in [0.25, 0.3) is 0 Å². The molecule has 2 N–H and O–H groups in total.